The molecule has 10 nitrogen and oxygen atoms in total. The predicted molar refractivity (Wildman–Crippen MR) is 160 cm³/mol. The Morgan fingerprint density at radius 2 is 2.00 bits per heavy atom. The van der Waals surface area contributed by atoms with Gasteiger partial charge < -0.3 is 30.0 Å². The number of nitrogens with zero attached hydrogens (tertiary/aromatic N) is 6. The first kappa shape index (κ1) is 27.2. The molecule has 2 fully saturated rings. The van der Waals surface area contributed by atoms with E-state index in [0.717, 1.165) is 40.1 Å². The van der Waals surface area contributed by atoms with Crippen molar-refractivity contribution < 1.29 is 9.59 Å². The predicted octanol–water partition coefficient (Wildman–Crippen LogP) is 2.78. The minimum atomic E-state index is -0.342. The first-order valence-electron chi connectivity index (χ1n) is 14.4. The number of likely N-dealkylation sites (N-methyl/N-ethyl adjacent to an activating group) is 1. The molecule has 6 rings (SSSR count). The number of carbonyl (C=O) groups is 2. The standard InChI is InChI=1S/C31H38N8O2/c1-36(2)14-5-7-28(40)34-24-12-15-38(19-23(24)32)31(41)22-10-11-26-25(16-22)35-30(37(26)3)27-17-21-6-4-13-33-29(21)39(27)18-20-8-9-20/h4-7,10-11,13,16-17,20,23-24H,8-9,12,14-15,18-19,32H2,1-3H3,(H,34,40)/b7-5+/t23-,24+/m0/s1. The van der Waals surface area contributed by atoms with Gasteiger partial charge >= 0.3 is 0 Å². The molecular weight excluding hydrogens is 516 g/mol. The van der Waals surface area contributed by atoms with E-state index in [2.05, 4.69) is 31.6 Å². The second-order valence-corrected chi connectivity index (χ2v) is 11.7. The van der Waals surface area contributed by atoms with E-state index in [-0.39, 0.29) is 23.9 Å². The zero-order chi connectivity index (χ0) is 28.7. The molecule has 3 N–H and O–H groups in total. The molecule has 10 heteroatoms. The molecule has 2 atom stereocenters. The van der Waals surface area contributed by atoms with E-state index in [4.69, 9.17) is 10.7 Å². The van der Waals surface area contributed by atoms with Crippen molar-refractivity contribution in [3.8, 4) is 11.5 Å². The average molecular weight is 555 g/mol. The Bertz CT molecular complexity index is 1630. The highest BCUT2D eigenvalue weighted by Crippen LogP contribution is 2.36. The minimum absolute atomic E-state index is 0.0720. The highest BCUT2D eigenvalue weighted by molar-refractivity contribution is 5.98. The number of carbonyl (C=O) groups excluding carboxylic acids is 2. The van der Waals surface area contributed by atoms with Crippen LogP contribution in [0.4, 0.5) is 0 Å². The molecule has 214 valence electrons. The maximum absolute atomic E-state index is 13.5. The third-order valence-corrected chi connectivity index (χ3v) is 8.16. The van der Waals surface area contributed by atoms with Crippen LogP contribution in [0.3, 0.4) is 0 Å². The monoisotopic (exact) mass is 554 g/mol. The summed E-state index contributed by atoms with van der Waals surface area (Å²) in [5.74, 6) is 1.32. The Morgan fingerprint density at radius 3 is 2.76 bits per heavy atom. The summed E-state index contributed by atoms with van der Waals surface area (Å²) >= 11 is 0. The van der Waals surface area contributed by atoms with Crippen LogP contribution >= 0.6 is 0 Å². The number of piperidine rings is 1. The fourth-order valence-corrected chi connectivity index (χ4v) is 5.71. The molecule has 1 saturated heterocycles. The van der Waals surface area contributed by atoms with Crippen molar-refractivity contribution in [2.45, 2.75) is 37.9 Å². The zero-order valence-corrected chi connectivity index (χ0v) is 24.0. The molecule has 0 bridgehead atoms. The Morgan fingerprint density at radius 1 is 1.17 bits per heavy atom. The molecule has 1 aliphatic heterocycles. The fraction of sp³-hybridized carbons (Fsp3) is 0.419. The molecular formula is C31H38N8O2. The van der Waals surface area contributed by atoms with Crippen LogP contribution < -0.4 is 11.1 Å². The molecule has 1 aliphatic carbocycles. The van der Waals surface area contributed by atoms with E-state index in [9.17, 15) is 9.59 Å². The van der Waals surface area contributed by atoms with Gasteiger partial charge in [-0.2, -0.15) is 0 Å². The number of likely N-dealkylation sites (tertiary alicyclic amines) is 1. The molecule has 0 spiro atoms. The lowest BCUT2D eigenvalue weighted by atomic mass is 9.99. The van der Waals surface area contributed by atoms with Gasteiger partial charge in [0.2, 0.25) is 5.91 Å². The molecule has 2 aliphatic rings. The van der Waals surface area contributed by atoms with Crippen molar-refractivity contribution in [3.63, 3.8) is 0 Å². The third-order valence-electron chi connectivity index (χ3n) is 8.16. The van der Waals surface area contributed by atoms with Gasteiger partial charge in [-0.05, 0) is 75.7 Å². The van der Waals surface area contributed by atoms with Crippen molar-refractivity contribution in [1.82, 2.24) is 34.2 Å². The normalized spacial score (nSPS) is 19.6. The van der Waals surface area contributed by atoms with Crippen molar-refractivity contribution in [1.29, 1.82) is 0 Å². The Kier molecular flexibility index (Phi) is 7.35. The summed E-state index contributed by atoms with van der Waals surface area (Å²) in [6, 6.07) is 11.4. The summed E-state index contributed by atoms with van der Waals surface area (Å²) in [7, 11) is 5.92. The van der Waals surface area contributed by atoms with E-state index in [1.54, 1.807) is 11.0 Å². The SMILES string of the molecule is CN(C)C/C=C/C(=O)N[C@@H]1CCN(C(=O)c2ccc3c(c2)nc(-c2cc4cccnc4n2CC2CC2)n3C)C[C@@H]1N. The second-order valence-electron chi connectivity index (χ2n) is 11.7. The number of hydrogen-bond acceptors (Lipinski definition) is 6. The van der Waals surface area contributed by atoms with E-state index in [0.29, 0.717) is 37.5 Å². The van der Waals surface area contributed by atoms with Gasteiger partial charge in [0.25, 0.3) is 5.91 Å². The lowest BCUT2D eigenvalue weighted by molar-refractivity contribution is -0.117. The average Bonchev–Trinajstić information content (AvgIpc) is 3.62. The van der Waals surface area contributed by atoms with Crippen LogP contribution in [0.1, 0.15) is 29.6 Å². The maximum Gasteiger partial charge on any atom is 0.253 e. The zero-order valence-electron chi connectivity index (χ0n) is 24.0. The molecule has 1 aromatic carbocycles. The first-order chi connectivity index (χ1) is 19.8. The fourth-order valence-electron chi connectivity index (χ4n) is 5.71. The number of aryl methyl sites for hydroxylation is 1. The summed E-state index contributed by atoms with van der Waals surface area (Å²) in [6.45, 7) is 2.53. The number of aromatic nitrogens is 4. The number of hydrogen-bond donors (Lipinski definition) is 2. The van der Waals surface area contributed by atoms with Gasteiger partial charge in [-0.15, -0.1) is 0 Å². The third kappa shape index (κ3) is 5.62. The van der Waals surface area contributed by atoms with E-state index in [1.807, 2.05) is 62.6 Å². The van der Waals surface area contributed by atoms with E-state index < -0.39 is 0 Å². The van der Waals surface area contributed by atoms with Crippen molar-refractivity contribution in [2.24, 2.45) is 18.7 Å². The van der Waals surface area contributed by atoms with Gasteiger partial charge in [-0.3, -0.25) is 9.59 Å². The van der Waals surface area contributed by atoms with Gasteiger partial charge in [0.05, 0.1) is 16.7 Å². The minimum Gasteiger partial charge on any atom is -0.348 e. The molecule has 4 aromatic rings. The van der Waals surface area contributed by atoms with Crippen molar-refractivity contribution in [2.75, 3.05) is 33.7 Å². The molecule has 41 heavy (non-hydrogen) atoms. The highest BCUT2D eigenvalue weighted by Gasteiger charge is 2.31. The van der Waals surface area contributed by atoms with Crippen LogP contribution in [0.15, 0.2) is 54.7 Å². The molecule has 0 radical (unpaired) electrons. The number of fused-ring (bicyclic) bond motifs is 2. The van der Waals surface area contributed by atoms with E-state index in [1.165, 1.54) is 12.8 Å². The van der Waals surface area contributed by atoms with Crippen LogP contribution in [0.5, 0.6) is 0 Å². The second kappa shape index (κ2) is 11.1. The van der Waals surface area contributed by atoms with Gasteiger partial charge in [-0.25, -0.2) is 9.97 Å². The number of imidazole rings is 1. The largest absolute Gasteiger partial charge is 0.348 e. The maximum atomic E-state index is 13.5. The van der Waals surface area contributed by atoms with E-state index >= 15 is 0 Å². The number of benzene rings is 1. The quantitative estimate of drug-likeness (QED) is 0.324. The van der Waals surface area contributed by atoms with Crippen LogP contribution in [0.2, 0.25) is 0 Å². The van der Waals surface area contributed by atoms with Crippen LogP contribution in [-0.4, -0.2) is 86.5 Å². The smallest absolute Gasteiger partial charge is 0.253 e. The number of nitrogens with two attached hydrogens (primary N) is 1. The van der Waals surface area contributed by atoms with Crippen LogP contribution in [0.25, 0.3) is 33.6 Å². The topological polar surface area (TPSA) is 114 Å². The summed E-state index contributed by atoms with van der Waals surface area (Å²) in [5.41, 5.74) is 10.8. The Balaban J connectivity index is 1.19. The number of rotatable bonds is 8. The van der Waals surface area contributed by atoms with Gasteiger partial charge in [0, 0.05) is 68.5 Å². The lowest BCUT2D eigenvalue weighted by Gasteiger charge is -2.37. The van der Waals surface area contributed by atoms with Gasteiger partial charge in [0.1, 0.15) is 5.65 Å². The number of pyridine rings is 1. The first-order valence-corrected chi connectivity index (χ1v) is 14.4. The number of amides is 2. The molecule has 3 aromatic heterocycles. The molecule has 2 amide bonds. The Labute approximate surface area is 239 Å². The highest BCUT2D eigenvalue weighted by atomic mass is 16.2. The van der Waals surface area contributed by atoms with Crippen molar-refractivity contribution in [3.05, 3.63) is 60.3 Å². The van der Waals surface area contributed by atoms with Gasteiger partial charge in [0.15, 0.2) is 5.82 Å². The van der Waals surface area contributed by atoms with Crippen molar-refractivity contribution >= 4 is 33.9 Å². The summed E-state index contributed by atoms with van der Waals surface area (Å²) in [5, 5.41) is 4.10. The summed E-state index contributed by atoms with van der Waals surface area (Å²) < 4.78 is 4.39. The Hall–Kier alpha value is -4.02. The van der Waals surface area contributed by atoms with Crippen LogP contribution in [-0.2, 0) is 18.4 Å². The van der Waals surface area contributed by atoms with Crippen LogP contribution in [0, 0.1) is 5.92 Å². The summed E-state index contributed by atoms with van der Waals surface area (Å²) in [6.07, 6.45) is 8.32. The van der Waals surface area contributed by atoms with Gasteiger partial charge in [-0.1, -0.05) is 6.08 Å². The summed E-state index contributed by atoms with van der Waals surface area (Å²) in [4.78, 5) is 39.2. The lowest BCUT2D eigenvalue weighted by Crippen LogP contribution is -2.58. The molecule has 0 unspecified atom stereocenters. The molecule has 4 heterocycles. The molecule has 1 saturated carbocycles. The number of nitrogens with one attached hydrogen (secondary N) is 1.